The van der Waals surface area contributed by atoms with Crippen molar-refractivity contribution in [3.05, 3.63) is 35.9 Å². The number of Topliss-reactive ketones (excluding diaryl/α,β-unsaturated/α-hetero) is 1. The minimum absolute atomic E-state index is 0.305. The smallest absolute Gasteiger partial charge is 0.138 e. The molecule has 3 rings (SSSR count). The van der Waals surface area contributed by atoms with Crippen LogP contribution in [0, 0.1) is 5.92 Å². The Morgan fingerprint density at radius 1 is 1.21 bits per heavy atom. The number of carbonyl (C=O) groups excluding carboxylic acids is 1. The van der Waals surface area contributed by atoms with E-state index in [1.807, 2.05) is 18.2 Å². The molecule has 2 bridgehead atoms. The van der Waals surface area contributed by atoms with E-state index < -0.39 is 0 Å². The van der Waals surface area contributed by atoms with Crippen LogP contribution in [0.1, 0.15) is 24.8 Å². The third-order valence-corrected chi connectivity index (χ3v) is 4.34. The van der Waals surface area contributed by atoms with Crippen LogP contribution in [0.3, 0.4) is 0 Å². The first kappa shape index (κ1) is 12.8. The van der Waals surface area contributed by atoms with Gasteiger partial charge in [-0.1, -0.05) is 30.3 Å². The Balaban J connectivity index is 1.47. The Kier molecular flexibility index (Phi) is 3.95. The molecule has 0 N–H and O–H groups in total. The number of nitrogens with zero attached hydrogens (tertiary/aromatic N) is 1. The van der Waals surface area contributed by atoms with Crippen molar-refractivity contribution in [3.63, 3.8) is 0 Å². The summed E-state index contributed by atoms with van der Waals surface area (Å²) in [5.74, 6) is 0.777. The lowest BCUT2D eigenvalue weighted by molar-refractivity contribution is -0.130. The molecule has 0 amide bonds. The number of piperidine rings is 2. The van der Waals surface area contributed by atoms with Gasteiger partial charge >= 0.3 is 0 Å². The number of rotatable bonds is 4. The molecule has 0 saturated carbocycles. The van der Waals surface area contributed by atoms with E-state index in [1.165, 1.54) is 5.56 Å². The Morgan fingerprint density at radius 2 is 2.05 bits per heavy atom. The zero-order chi connectivity index (χ0) is 13.1. The summed E-state index contributed by atoms with van der Waals surface area (Å²) in [5, 5.41) is 0. The molecule has 0 spiro atoms. The lowest BCUT2D eigenvalue weighted by Gasteiger charge is -2.42. The zero-order valence-electron chi connectivity index (χ0n) is 11.3. The van der Waals surface area contributed by atoms with Crippen LogP contribution in [-0.2, 0) is 16.1 Å². The first-order valence-electron chi connectivity index (χ1n) is 7.21. The number of ether oxygens (including phenoxy) is 1. The van der Waals surface area contributed by atoms with E-state index in [2.05, 4.69) is 17.0 Å². The molecular formula is C16H21NO2. The van der Waals surface area contributed by atoms with Gasteiger partial charge in [0.05, 0.1) is 13.2 Å². The summed E-state index contributed by atoms with van der Waals surface area (Å²) in [7, 11) is 0. The molecule has 0 aromatic heterocycles. The largest absolute Gasteiger partial charge is 0.375 e. The summed E-state index contributed by atoms with van der Waals surface area (Å²) in [5.41, 5.74) is 1.23. The number of carbonyl (C=O) groups is 1. The van der Waals surface area contributed by atoms with E-state index in [-0.39, 0.29) is 0 Å². The minimum atomic E-state index is 0.305. The van der Waals surface area contributed by atoms with Crippen LogP contribution in [-0.4, -0.2) is 36.4 Å². The van der Waals surface area contributed by atoms with Gasteiger partial charge in [-0.2, -0.15) is 0 Å². The second-order valence-electron chi connectivity index (χ2n) is 5.64. The first-order chi connectivity index (χ1) is 9.33. The quantitative estimate of drug-likeness (QED) is 0.830. The Labute approximate surface area is 114 Å². The van der Waals surface area contributed by atoms with E-state index in [0.717, 1.165) is 39.0 Å². The molecule has 102 valence electrons. The van der Waals surface area contributed by atoms with Gasteiger partial charge in [-0.05, 0) is 18.4 Å². The molecule has 3 unspecified atom stereocenters. The first-order valence-corrected chi connectivity index (χ1v) is 7.21. The number of hydrogen-bond acceptors (Lipinski definition) is 3. The molecule has 2 aliphatic heterocycles. The van der Waals surface area contributed by atoms with Crippen molar-refractivity contribution in [1.82, 2.24) is 4.90 Å². The fourth-order valence-electron chi connectivity index (χ4n) is 3.17. The van der Waals surface area contributed by atoms with Crippen molar-refractivity contribution >= 4 is 5.78 Å². The van der Waals surface area contributed by atoms with Crippen molar-refractivity contribution in [2.75, 3.05) is 19.7 Å². The Morgan fingerprint density at radius 3 is 2.89 bits per heavy atom. The molecule has 2 fully saturated rings. The molecule has 1 aromatic rings. The molecule has 1 aromatic carbocycles. The van der Waals surface area contributed by atoms with Crippen LogP contribution in [0.15, 0.2) is 30.3 Å². The third kappa shape index (κ3) is 3.04. The van der Waals surface area contributed by atoms with E-state index in [0.29, 0.717) is 24.3 Å². The summed E-state index contributed by atoms with van der Waals surface area (Å²) in [6.45, 7) is 3.36. The normalized spacial score (nSPS) is 30.3. The van der Waals surface area contributed by atoms with Crippen molar-refractivity contribution in [1.29, 1.82) is 0 Å². The highest BCUT2D eigenvalue weighted by molar-refractivity contribution is 5.82. The lowest BCUT2D eigenvalue weighted by atomic mass is 9.85. The average Bonchev–Trinajstić information content (AvgIpc) is 2.46. The molecule has 3 nitrogen and oxygen atoms in total. The number of hydrogen-bond donors (Lipinski definition) is 0. The topological polar surface area (TPSA) is 29.5 Å². The van der Waals surface area contributed by atoms with Gasteiger partial charge in [0, 0.05) is 31.5 Å². The maximum Gasteiger partial charge on any atom is 0.138 e. The molecule has 19 heavy (non-hydrogen) atoms. The Hall–Kier alpha value is -1.19. The molecule has 0 aliphatic carbocycles. The molecule has 2 heterocycles. The molecule has 0 radical (unpaired) electrons. The van der Waals surface area contributed by atoms with Crippen LogP contribution < -0.4 is 0 Å². The van der Waals surface area contributed by atoms with Gasteiger partial charge in [-0.15, -0.1) is 0 Å². The molecular weight excluding hydrogens is 238 g/mol. The highest BCUT2D eigenvalue weighted by Crippen LogP contribution is 2.28. The zero-order valence-corrected chi connectivity index (χ0v) is 11.3. The van der Waals surface area contributed by atoms with Crippen LogP contribution in [0.2, 0.25) is 0 Å². The summed E-state index contributed by atoms with van der Waals surface area (Å²) in [4.78, 5) is 14.1. The summed E-state index contributed by atoms with van der Waals surface area (Å²) in [6, 6.07) is 10.8. The van der Waals surface area contributed by atoms with E-state index in [1.54, 1.807) is 0 Å². The number of fused-ring (bicyclic) bond motifs is 2. The second-order valence-corrected chi connectivity index (χ2v) is 5.64. The highest BCUT2D eigenvalue weighted by atomic mass is 16.5. The standard InChI is InChI=1S/C16H21NO2/c18-16-8-9-17-10-14(16)6-7-15(17)12-19-11-13-4-2-1-3-5-13/h1-5,14-15H,6-12H2. The van der Waals surface area contributed by atoms with Crippen molar-refractivity contribution in [2.45, 2.75) is 31.9 Å². The van der Waals surface area contributed by atoms with Gasteiger partial charge in [-0.25, -0.2) is 0 Å². The van der Waals surface area contributed by atoms with E-state index >= 15 is 0 Å². The minimum Gasteiger partial charge on any atom is -0.375 e. The molecule has 2 aliphatic rings. The fraction of sp³-hybridized carbons (Fsp3) is 0.562. The van der Waals surface area contributed by atoms with Gasteiger partial charge < -0.3 is 4.74 Å². The molecule has 3 atom stereocenters. The van der Waals surface area contributed by atoms with Gasteiger partial charge in [0.15, 0.2) is 0 Å². The predicted octanol–water partition coefficient (Wildman–Crippen LogP) is 2.26. The van der Waals surface area contributed by atoms with E-state index in [9.17, 15) is 4.79 Å². The molecule has 2 saturated heterocycles. The number of ketones is 1. The van der Waals surface area contributed by atoms with Crippen LogP contribution >= 0.6 is 0 Å². The average molecular weight is 259 g/mol. The van der Waals surface area contributed by atoms with Gasteiger partial charge in [0.1, 0.15) is 5.78 Å². The van der Waals surface area contributed by atoms with Crippen molar-refractivity contribution < 1.29 is 9.53 Å². The maximum absolute atomic E-state index is 11.7. The van der Waals surface area contributed by atoms with Crippen LogP contribution in [0.25, 0.3) is 0 Å². The predicted molar refractivity (Wildman–Crippen MR) is 73.8 cm³/mol. The Bertz CT molecular complexity index is 432. The second kappa shape index (κ2) is 5.85. The lowest BCUT2D eigenvalue weighted by Crippen LogP contribution is -2.52. The monoisotopic (exact) mass is 259 g/mol. The van der Waals surface area contributed by atoms with Crippen molar-refractivity contribution in [2.24, 2.45) is 5.92 Å². The fourth-order valence-corrected chi connectivity index (χ4v) is 3.17. The van der Waals surface area contributed by atoms with E-state index in [4.69, 9.17) is 4.74 Å². The summed E-state index contributed by atoms with van der Waals surface area (Å²) < 4.78 is 5.85. The van der Waals surface area contributed by atoms with Gasteiger partial charge in [-0.3, -0.25) is 9.69 Å². The SMILES string of the molecule is O=C1CCN2CC1CCC2COCc1ccccc1. The van der Waals surface area contributed by atoms with Crippen LogP contribution in [0.4, 0.5) is 0 Å². The van der Waals surface area contributed by atoms with Gasteiger partial charge in [0.2, 0.25) is 0 Å². The van der Waals surface area contributed by atoms with Gasteiger partial charge in [0.25, 0.3) is 0 Å². The third-order valence-electron chi connectivity index (χ3n) is 4.34. The molecule has 3 heteroatoms. The maximum atomic E-state index is 11.7. The highest BCUT2D eigenvalue weighted by Gasteiger charge is 2.35. The van der Waals surface area contributed by atoms with Crippen molar-refractivity contribution in [3.8, 4) is 0 Å². The summed E-state index contributed by atoms with van der Waals surface area (Å²) >= 11 is 0. The van der Waals surface area contributed by atoms with Crippen LogP contribution in [0.5, 0.6) is 0 Å². The number of benzene rings is 1. The summed E-state index contributed by atoms with van der Waals surface area (Å²) in [6.07, 6.45) is 2.89.